The summed E-state index contributed by atoms with van der Waals surface area (Å²) in [7, 11) is -1.27. The zero-order valence-corrected chi connectivity index (χ0v) is 14.1. The lowest BCUT2D eigenvalue weighted by Gasteiger charge is -2.24. The van der Waals surface area contributed by atoms with Crippen LogP contribution < -0.4 is 10.4 Å². The van der Waals surface area contributed by atoms with Crippen molar-refractivity contribution in [1.82, 2.24) is 0 Å². The molecule has 0 unspecified atom stereocenters. The summed E-state index contributed by atoms with van der Waals surface area (Å²) in [6.45, 7) is 10.8. The molecule has 21 heavy (non-hydrogen) atoms. The fourth-order valence-corrected chi connectivity index (χ4v) is 4.16. The zero-order valence-electron chi connectivity index (χ0n) is 13.1. The van der Waals surface area contributed by atoms with Gasteiger partial charge in [-0.15, -0.1) is 0 Å². The van der Waals surface area contributed by atoms with Gasteiger partial charge in [-0.3, -0.25) is 0 Å². The fraction of sp³-hybridized carbons (Fsp3) is 0.263. The molecule has 0 N–H and O–H groups in total. The standard InChI is InChI=1S/C19H23OSi/c1-16(15-19(2,3)4)20-21(17-11-7-5-8-12-17)18-13-9-6-10-14-18/h5-14H,1,15H2,2-4H3. The van der Waals surface area contributed by atoms with Crippen LogP contribution in [0.1, 0.15) is 27.2 Å². The molecule has 0 amide bonds. The second-order valence-corrected chi connectivity index (χ2v) is 8.46. The molecule has 0 atom stereocenters. The van der Waals surface area contributed by atoms with Crippen molar-refractivity contribution in [2.45, 2.75) is 27.2 Å². The van der Waals surface area contributed by atoms with Crippen molar-refractivity contribution in [2.75, 3.05) is 0 Å². The lowest BCUT2D eigenvalue weighted by molar-refractivity contribution is 0.325. The third-order valence-electron chi connectivity index (χ3n) is 3.05. The molecule has 109 valence electrons. The van der Waals surface area contributed by atoms with Crippen LogP contribution in [0, 0.1) is 5.41 Å². The molecular weight excluding hydrogens is 272 g/mol. The Balaban J connectivity index is 2.24. The van der Waals surface area contributed by atoms with E-state index in [1.54, 1.807) is 0 Å². The van der Waals surface area contributed by atoms with Crippen molar-refractivity contribution >= 4 is 19.4 Å². The van der Waals surface area contributed by atoms with Gasteiger partial charge in [-0.05, 0) is 15.8 Å². The van der Waals surface area contributed by atoms with Crippen LogP contribution in [0.3, 0.4) is 0 Å². The van der Waals surface area contributed by atoms with Gasteiger partial charge in [-0.2, -0.15) is 0 Å². The quantitative estimate of drug-likeness (QED) is 0.603. The molecule has 0 fully saturated rings. The SMILES string of the molecule is C=C(CC(C)(C)C)O[Si](c1ccccc1)c1ccccc1. The molecule has 0 saturated carbocycles. The van der Waals surface area contributed by atoms with Gasteiger partial charge in [0.05, 0.1) is 5.76 Å². The zero-order chi connectivity index (χ0) is 15.3. The van der Waals surface area contributed by atoms with Gasteiger partial charge in [-0.1, -0.05) is 88.0 Å². The Labute approximate surface area is 130 Å². The number of hydrogen-bond donors (Lipinski definition) is 0. The van der Waals surface area contributed by atoms with Gasteiger partial charge in [0.2, 0.25) is 0 Å². The van der Waals surface area contributed by atoms with Gasteiger partial charge in [0, 0.05) is 6.42 Å². The maximum Gasteiger partial charge on any atom is 0.352 e. The van der Waals surface area contributed by atoms with Gasteiger partial charge >= 0.3 is 9.04 Å². The summed E-state index contributed by atoms with van der Waals surface area (Å²) in [6, 6.07) is 20.9. The number of benzene rings is 2. The average Bonchev–Trinajstić information content (AvgIpc) is 2.45. The summed E-state index contributed by atoms with van der Waals surface area (Å²) in [5, 5.41) is 2.51. The van der Waals surface area contributed by atoms with Crippen molar-refractivity contribution in [3.05, 3.63) is 73.0 Å². The summed E-state index contributed by atoms with van der Waals surface area (Å²) < 4.78 is 6.31. The lowest BCUT2D eigenvalue weighted by atomic mass is 9.92. The van der Waals surface area contributed by atoms with Crippen LogP contribution in [0.5, 0.6) is 0 Å². The summed E-state index contributed by atoms with van der Waals surface area (Å²) in [4.78, 5) is 0. The number of allylic oxidation sites excluding steroid dienone is 1. The van der Waals surface area contributed by atoms with E-state index in [4.69, 9.17) is 4.43 Å². The van der Waals surface area contributed by atoms with Gasteiger partial charge in [0.25, 0.3) is 0 Å². The first-order valence-electron chi connectivity index (χ1n) is 7.29. The van der Waals surface area contributed by atoms with E-state index in [1.165, 1.54) is 10.4 Å². The Bertz CT molecular complexity index is 530. The van der Waals surface area contributed by atoms with Crippen LogP contribution in [0.15, 0.2) is 73.0 Å². The van der Waals surface area contributed by atoms with Crippen LogP contribution in [0.2, 0.25) is 0 Å². The number of rotatable bonds is 5. The van der Waals surface area contributed by atoms with Crippen molar-refractivity contribution in [1.29, 1.82) is 0 Å². The Kier molecular flexibility index (Phi) is 5.02. The molecular formula is C19H23OSi. The van der Waals surface area contributed by atoms with Crippen LogP contribution in [-0.4, -0.2) is 9.04 Å². The van der Waals surface area contributed by atoms with Crippen LogP contribution in [-0.2, 0) is 4.43 Å². The maximum atomic E-state index is 6.31. The molecule has 0 spiro atoms. The lowest BCUT2D eigenvalue weighted by Crippen LogP contribution is -2.44. The molecule has 2 aromatic carbocycles. The highest BCUT2D eigenvalue weighted by Gasteiger charge is 2.23. The van der Waals surface area contributed by atoms with Gasteiger partial charge in [-0.25, -0.2) is 0 Å². The van der Waals surface area contributed by atoms with Crippen LogP contribution >= 0.6 is 0 Å². The van der Waals surface area contributed by atoms with Crippen molar-refractivity contribution in [3.8, 4) is 0 Å². The van der Waals surface area contributed by atoms with E-state index >= 15 is 0 Å². The van der Waals surface area contributed by atoms with Crippen molar-refractivity contribution in [2.24, 2.45) is 5.41 Å². The van der Waals surface area contributed by atoms with Crippen molar-refractivity contribution < 1.29 is 4.43 Å². The Hall–Kier alpha value is -1.80. The monoisotopic (exact) mass is 295 g/mol. The second-order valence-electron chi connectivity index (χ2n) is 6.44. The maximum absolute atomic E-state index is 6.31. The first kappa shape index (κ1) is 15.6. The molecule has 0 aliphatic carbocycles. The van der Waals surface area contributed by atoms with Crippen LogP contribution in [0.4, 0.5) is 0 Å². The first-order valence-corrected chi connectivity index (χ1v) is 8.70. The molecule has 2 aromatic rings. The Morgan fingerprint density at radius 2 is 1.33 bits per heavy atom. The van der Waals surface area contributed by atoms with Crippen molar-refractivity contribution in [3.63, 3.8) is 0 Å². The molecule has 0 aliphatic heterocycles. The molecule has 2 rings (SSSR count). The van der Waals surface area contributed by atoms with E-state index in [0.717, 1.165) is 12.2 Å². The molecule has 0 aromatic heterocycles. The molecule has 0 bridgehead atoms. The van der Waals surface area contributed by atoms with E-state index in [0.29, 0.717) is 0 Å². The van der Waals surface area contributed by atoms with E-state index in [9.17, 15) is 0 Å². The number of hydrogen-bond acceptors (Lipinski definition) is 1. The predicted molar refractivity (Wildman–Crippen MR) is 92.2 cm³/mol. The highest BCUT2D eigenvalue weighted by atomic mass is 28.3. The summed E-state index contributed by atoms with van der Waals surface area (Å²) >= 11 is 0. The topological polar surface area (TPSA) is 9.23 Å². The molecule has 0 aliphatic rings. The molecule has 0 saturated heterocycles. The summed E-state index contributed by atoms with van der Waals surface area (Å²) in [5.41, 5.74) is 0.192. The minimum atomic E-state index is -1.27. The van der Waals surface area contributed by atoms with Crippen LogP contribution in [0.25, 0.3) is 0 Å². The van der Waals surface area contributed by atoms with E-state index in [-0.39, 0.29) is 5.41 Å². The van der Waals surface area contributed by atoms with E-state index in [1.807, 2.05) is 12.1 Å². The second kappa shape index (κ2) is 6.77. The van der Waals surface area contributed by atoms with Gasteiger partial charge < -0.3 is 4.43 Å². The summed E-state index contributed by atoms with van der Waals surface area (Å²) in [6.07, 6.45) is 0.876. The molecule has 0 heterocycles. The first-order chi connectivity index (χ1) is 9.96. The molecule has 1 nitrogen and oxygen atoms in total. The minimum Gasteiger partial charge on any atom is -0.536 e. The smallest absolute Gasteiger partial charge is 0.352 e. The third kappa shape index (κ3) is 4.90. The summed E-state index contributed by atoms with van der Waals surface area (Å²) in [5.74, 6) is 0.879. The average molecular weight is 295 g/mol. The largest absolute Gasteiger partial charge is 0.536 e. The molecule has 2 heteroatoms. The minimum absolute atomic E-state index is 0.192. The third-order valence-corrected chi connectivity index (χ3v) is 5.25. The van der Waals surface area contributed by atoms with E-state index < -0.39 is 9.04 Å². The predicted octanol–water partition coefficient (Wildman–Crippen LogP) is 3.76. The Morgan fingerprint density at radius 1 is 0.905 bits per heavy atom. The fourth-order valence-electron chi connectivity index (χ4n) is 2.24. The van der Waals surface area contributed by atoms with E-state index in [2.05, 4.69) is 75.9 Å². The highest BCUT2D eigenvalue weighted by Crippen LogP contribution is 2.23. The normalized spacial score (nSPS) is 11.4. The Morgan fingerprint density at radius 3 is 1.71 bits per heavy atom. The van der Waals surface area contributed by atoms with Gasteiger partial charge in [0.1, 0.15) is 0 Å². The molecule has 1 radical (unpaired) electrons. The van der Waals surface area contributed by atoms with Gasteiger partial charge in [0.15, 0.2) is 0 Å². The highest BCUT2D eigenvalue weighted by molar-refractivity contribution is 6.80.